The molecular formula is C7H14O4. The van der Waals surface area contributed by atoms with Gasteiger partial charge < -0.3 is 14.2 Å². The third kappa shape index (κ3) is 5.66. The molecular weight excluding hydrogens is 148 g/mol. The molecule has 4 nitrogen and oxygen atoms in total. The smallest absolute Gasteiger partial charge is 0.432 e. The fraction of sp³-hybridized carbons (Fsp3) is 0.857. The van der Waals surface area contributed by atoms with Crippen molar-refractivity contribution < 1.29 is 19.0 Å². The van der Waals surface area contributed by atoms with E-state index in [0.29, 0.717) is 0 Å². The van der Waals surface area contributed by atoms with E-state index in [1.807, 2.05) is 0 Å². The first-order chi connectivity index (χ1) is 5.06. The third-order valence-electron chi connectivity index (χ3n) is 0.926. The van der Waals surface area contributed by atoms with Gasteiger partial charge in [0.1, 0.15) is 0 Å². The predicted molar refractivity (Wildman–Crippen MR) is 39.2 cm³/mol. The zero-order chi connectivity index (χ0) is 8.85. The molecule has 0 bridgehead atoms. The molecule has 1 unspecified atom stereocenters. The molecule has 11 heavy (non-hydrogen) atoms. The monoisotopic (exact) mass is 162 g/mol. The van der Waals surface area contributed by atoms with E-state index in [1.165, 1.54) is 7.11 Å². The zero-order valence-corrected chi connectivity index (χ0v) is 7.29. The Morgan fingerprint density at radius 3 is 2.09 bits per heavy atom. The van der Waals surface area contributed by atoms with Gasteiger partial charge in [0.25, 0.3) is 0 Å². The van der Waals surface area contributed by atoms with Crippen LogP contribution in [-0.2, 0) is 14.2 Å². The number of carbonyl (C=O) groups is 1. The van der Waals surface area contributed by atoms with Crippen LogP contribution in [0.3, 0.4) is 0 Å². The molecule has 0 aromatic carbocycles. The molecule has 0 rings (SSSR count). The summed E-state index contributed by atoms with van der Waals surface area (Å²) in [5.74, 6) is 0. The summed E-state index contributed by atoms with van der Waals surface area (Å²) in [7, 11) is 1.45. The van der Waals surface area contributed by atoms with E-state index < -0.39 is 12.4 Å². The van der Waals surface area contributed by atoms with Gasteiger partial charge in [-0.05, 0) is 20.8 Å². The van der Waals surface area contributed by atoms with Gasteiger partial charge in [0, 0.05) is 7.11 Å². The second-order valence-corrected chi connectivity index (χ2v) is 2.34. The zero-order valence-electron chi connectivity index (χ0n) is 7.29. The van der Waals surface area contributed by atoms with Crippen molar-refractivity contribution in [3.63, 3.8) is 0 Å². The van der Waals surface area contributed by atoms with Gasteiger partial charge in [-0.15, -0.1) is 0 Å². The maximum absolute atomic E-state index is 10.7. The summed E-state index contributed by atoms with van der Waals surface area (Å²) >= 11 is 0. The number of rotatable bonds is 3. The number of hydrogen-bond donors (Lipinski definition) is 0. The molecule has 1 atom stereocenters. The first kappa shape index (κ1) is 10.2. The van der Waals surface area contributed by atoms with Gasteiger partial charge in [-0.3, -0.25) is 0 Å². The van der Waals surface area contributed by atoms with E-state index in [9.17, 15) is 4.79 Å². The molecule has 0 N–H and O–H groups in total. The molecule has 0 saturated carbocycles. The van der Waals surface area contributed by atoms with Crippen LogP contribution in [0.15, 0.2) is 0 Å². The van der Waals surface area contributed by atoms with Crippen LogP contribution in [0.1, 0.15) is 20.8 Å². The molecule has 0 aromatic rings. The summed E-state index contributed by atoms with van der Waals surface area (Å²) in [5.41, 5.74) is 0. The topological polar surface area (TPSA) is 44.8 Å². The van der Waals surface area contributed by atoms with Gasteiger partial charge in [0.15, 0.2) is 0 Å². The van der Waals surface area contributed by atoms with Crippen molar-refractivity contribution in [2.24, 2.45) is 0 Å². The molecule has 0 aliphatic heterocycles. The van der Waals surface area contributed by atoms with E-state index in [4.69, 9.17) is 0 Å². The molecule has 0 saturated heterocycles. The fourth-order valence-corrected chi connectivity index (χ4v) is 0.404. The summed E-state index contributed by atoms with van der Waals surface area (Å²) in [6, 6.07) is 0. The van der Waals surface area contributed by atoms with Gasteiger partial charge >= 0.3 is 6.16 Å². The van der Waals surface area contributed by atoms with E-state index in [-0.39, 0.29) is 6.10 Å². The first-order valence-electron chi connectivity index (χ1n) is 3.46. The Kier molecular flexibility index (Phi) is 4.61. The quantitative estimate of drug-likeness (QED) is 0.466. The Labute approximate surface area is 66.4 Å². The second kappa shape index (κ2) is 4.96. The van der Waals surface area contributed by atoms with Crippen molar-refractivity contribution in [1.82, 2.24) is 0 Å². The Bertz CT molecular complexity index is 122. The minimum absolute atomic E-state index is 0.161. The van der Waals surface area contributed by atoms with Crippen molar-refractivity contribution in [3.8, 4) is 0 Å². The maximum Gasteiger partial charge on any atom is 0.510 e. The SMILES string of the molecule is COC(C)OC(=O)OC(C)C. The number of methoxy groups -OCH3 is 1. The van der Waals surface area contributed by atoms with Crippen LogP contribution >= 0.6 is 0 Å². The first-order valence-corrected chi connectivity index (χ1v) is 3.46. The minimum atomic E-state index is -0.700. The Morgan fingerprint density at radius 2 is 1.73 bits per heavy atom. The highest BCUT2D eigenvalue weighted by atomic mass is 16.8. The maximum atomic E-state index is 10.7. The summed E-state index contributed by atoms with van der Waals surface area (Å²) in [5, 5.41) is 0. The standard InChI is InChI=1S/C7H14O4/c1-5(2)10-7(8)11-6(3)9-4/h5-6H,1-4H3. The molecule has 0 fully saturated rings. The predicted octanol–water partition coefficient (Wildman–Crippen LogP) is 1.54. The van der Waals surface area contributed by atoms with E-state index in [2.05, 4.69) is 14.2 Å². The van der Waals surface area contributed by atoms with Crippen LogP contribution in [0.2, 0.25) is 0 Å². The van der Waals surface area contributed by atoms with Crippen molar-refractivity contribution in [3.05, 3.63) is 0 Å². The van der Waals surface area contributed by atoms with Crippen LogP contribution in [0, 0.1) is 0 Å². The Hall–Kier alpha value is -0.770. The fourth-order valence-electron chi connectivity index (χ4n) is 0.404. The van der Waals surface area contributed by atoms with Gasteiger partial charge in [-0.2, -0.15) is 0 Å². The molecule has 0 aliphatic carbocycles. The summed E-state index contributed by atoms with van der Waals surface area (Å²) < 4.78 is 14.0. The largest absolute Gasteiger partial charge is 0.510 e. The van der Waals surface area contributed by atoms with Crippen LogP contribution in [-0.4, -0.2) is 25.7 Å². The van der Waals surface area contributed by atoms with Gasteiger partial charge in [0.05, 0.1) is 6.10 Å². The lowest BCUT2D eigenvalue weighted by Crippen LogP contribution is -2.20. The molecule has 0 amide bonds. The van der Waals surface area contributed by atoms with Crippen LogP contribution in [0.4, 0.5) is 4.79 Å². The van der Waals surface area contributed by atoms with E-state index in [1.54, 1.807) is 20.8 Å². The van der Waals surface area contributed by atoms with Crippen molar-refractivity contribution >= 4 is 6.16 Å². The summed E-state index contributed by atoms with van der Waals surface area (Å²) in [6.07, 6.45) is -1.41. The highest BCUT2D eigenvalue weighted by molar-refractivity contribution is 5.60. The lowest BCUT2D eigenvalue weighted by atomic mass is 10.5. The van der Waals surface area contributed by atoms with Crippen LogP contribution in [0.25, 0.3) is 0 Å². The minimum Gasteiger partial charge on any atom is -0.432 e. The molecule has 0 aliphatic rings. The number of ether oxygens (including phenoxy) is 3. The van der Waals surface area contributed by atoms with Crippen LogP contribution in [0.5, 0.6) is 0 Å². The highest BCUT2D eigenvalue weighted by Crippen LogP contribution is 1.97. The summed E-state index contributed by atoms with van der Waals surface area (Å²) in [6.45, 7) is 5.11. The highest BCUT2D eigenvalue weighted by Gasteiger charge is 2.10. The normalized spacial score (nSPS) is 12.8. The van der Waals surface area contributed by atoms with Crippen molar-refractivity contribution in [2.45, 2.75) is 33.2 Å². The average Bonchev–Trinajstić information content (AvgIpc) is 1.85. The second-order valence-electron chi connectivity index (χ2n) is 2.34. The Balaban J connectivity index is 3.52. The average molecular weight is 162 g/mol. The molecule has 0 heterocycles. The van der Waals surface area contributed by atoms with Crippen LogP contribution < -0.4 is 0 Å². The van der Waals surface area contributed by atoms with Crippen molar-refractivity contribution in [2.75, 3.05) is 7.11 Å². The summed E-state index contributed by atoms with van der Waals surface area (Å²) in [4.78, 5) is 10.7. The lowest BCUT2D eigenvalue weighted by Gasteiger charge is -2.12. The third-order valence-corrected chi connectivity index (χ3v) is 0.926. The van der Waals surface area contributed by atoms with Gasteiger partial charge in [-0.25, -0.2) is 4.79 Å². The number of carbonyl (C=O) groups excluding carboxylic acids is 1. The molecule has 0 spiro atoms. The van der Waals surface area contributed by atoms with Gasteiger partial charge in [-0.1, -0.05) is 0 Å². The van der Waals surface area contributed by atoms with Gasteiger partial charge in [0.2, 0.25) is 6.29 Å². The van der Waals surface area contributed by atoms with Crippen molar-refractivity contribution in [1.29, 1.82) is 0 Å². The number of hydrogen-bond acceptors (Lipinski definition) is 4. The lowest BCUT2D eigenvalue weighted by molar-refractivity contribution is -0.0963. The Morgan fingerprint density at radius 1 is 1.18 bits per heavy atom. The van der Waals surface area contributed by atoms with E-state index in [0.717, 1.165) is 0 Å². The van der Waals surface area contributed by atoms with E-state index >= 15 is 0 Å². The molecule has 66 valence electrons. The molecule has 4 heteroatoms. The molecule has 0 radical (unpaired) electrons. The molecule has 0 aromatic heterocycles.